The fourth-order valence-corrected chi connectivity index (χ4v) is 2.81. The van der Waals surface area contributed by atoms with Crippen molar-refractivity contribution >= 4 is 31.9 Å². The van der Waals surface area contributed by atoms with Crippen molar-refractivity contribution < 1.29 is 9.47 Å². The maximum absolute atomic E-state index is 5.63. The number of benzene rings is 1. The molecule has 0 saturated carbocycles. The monoisotopic (exact) mass is 320 g/mol. The van der Waals surface area contributed by atoms with Crippen molar-refractivity contribution in [2.45, 2.75) is 13.0 Å². The minimum atomic E-state index is 0.287. The van der Waals surface area contributed by atoms with Gasteiger partial charge >= 0.3 is 0 Å². The Hall–Kier alpha value is -0.0600. The van der Waals surface area contributed by atoms with E-state index in [0.29, 0.717) is 6.61 Å². The summed E-state index contributed by atoms with van der Waals surface area (Å²) < 4.78 is 12.7. The number of aryl methyl sites for hydroxylation is 1. The number of epoxide rings is 1. The van der Waals surface area contributed by atoms with E-state index < -0.39 is 0 Å². The van der Waals surface area contributed by atoms with Crippen LogP contribution in [0.25, 0.3) is 0 Å². The summed E-state index contributed by atoms with van der Waals surface area (Å²) in [6.45, 7) is 3.49. The highest BCUT2D eigenvalue weighted by atomic mass is 79.9. The first-order valence-corrected chi connectivity index (χ1v) is 5.95. The molecule has 0 unspecified atom stereocenters. The standard InChI is InChI=1S/C10H10Br2O2/c1-6-2-8(11)10(9(12)3-6)14-5-7-4-13-7/h2-3,7H,4-5H2,1H3/t7-/m1/s1. The van der Waals surface area contributed by atoms with Gasteiger partial charge in [-0.25, -0.2) is 0 Å². The average Bonchev–Trinajstić information content (AvgIpc) is 2.85. The molecule has 2 nitrogen and oxygen atoms in total. The van der Waals surface area contributed by atoms with Gasteiger partial charge in [0.1, 0.15) is 18.5 Å². The molecule has 0 aliphatic carbocycles. The van der Waals surface area contributed by atoms with Crippen LogP contribution in [-0.2, 0) is 4.74 Å². The van der Waals surface area contributed by atoms with E-state index in [1.165, 1.54) is 5.56 Å². The third-order valence-corrected chi connectivity index (χ3v) is 3.14. The maximum atomic E-state index is 5.63. The van der Waals surface area contributed by atoms with E-state index >= 15 is 0 Å². The van der Waals surface area contributed by atoms with Gasteiger partial charge in [-0.1, -0.05) is 0 Å². The van der Waals surface area contributed by atoms with Gasteiger partial charge < -0.3 is 9.47 Å². The summed E-state index contributed by atoms with van der Waals surface area (Å²) in [7, 11) is 0. The highest BCUT2D eigenvalue weighted by molar-refractivity contribution is 9.11. The average molecular weight is 322 g/mol. The molecule has 0 spiro atoms. The Labute approximate surface area is 99.8 Å². The number of hydrogen-bond acceptors (Lipinski definition) is 2. The van der Waals surface area contributed by atoms with Gasteiger partial charge in [-0.2, -0.15) is 0 Å². The quantitative estimate of drug-likeness (QED) is 0.797. The lowest BCUT2D eigenvalue weighted by Gasteiger charge is -2.09. The third-order valence-electron chi connectivity index (χ3n) is 1.96. The largest absolute Gasteiger partial charge is 0.488 e. The SMILES string of the molecule is Cc1cc(Br)c(OC[C@H]2CO2)c(Br)c1. The zero-order valence-electron chi connectivity index (χ0n) is 7.72. The van der Waals surface area contributed by atoms with Crippen LogP contribution >= 0.6 is 31.9 Å². The first-order valence-electron chi connectivity index (χ1n) is 4.37. The van der Waals surface area contributed by atoms with Crippen molar-refractivity contribution in [1.29, 1.82) is 0 Å². The van der Waals surface area contributed by atoms with E-state index in [4.69, 9.17) is 9.47 Å². The van der Waals surface area contributed by atoms with E-state index in [9.17, 15) is 0 Å². The summed E-state index contributed by atoms with van der Waals surface area (Å²) in [5.74, 6) is 0.853. The molecule has 1 atom stereocenters. The summed E-state index contributed by atoms with van der Waals surface area (Å²) in [6, 6.07) is 4.07. The van der Waals surface area contributed by atoms with Gasteiger partial charge in [0.25, 0.3) is 0 Å². The van der Waals surface area contributed by atoms with E-state index in [-0.39, 0.29) is 6.10 Å². The molecule has 14 heavy (non-hydrogen) atoms. The van der Waals surface area contributed by atoms with Gasteiger partial charge in [-0.15, -0.1) is 0 Å². The van der Waals surface area contributed by atoms with Crippen molar-refractivity contribution in [3.63, 3.8) is 0 Å². The van der Waals surface area contributed by atoms with Crippen molar-refractivity contribution in [3.8, 4) is 5.75 Å². The second-order valence-electron chi connectivity index (χ2n) is 3.32. The Morgan fingerprint density at radius 1 is 1.43 bits per heavy atom. The minimum absolute atomic E-state index is 0.287. The predicted octanol–water partition coefficient (Wildman–Crippen LogP) is 3.30. The molecule has 1 saturated heterocycles. The molecular weight excluding hydrogens is 312 g/mol. The predicted molar refractivity (Wildman–Crippen MR) is 61.8 cm³/mol. The van der Waals surface area contributed by atoms with Crippen LogP contribution in [0, 0.1) is 6.92 Å². The summed E-state index contributed by atoms with van der Waals surface area (Å²) in [4.78, 5) is 0. The van der Waals surface area contributed by atoms with Gasteiger partial charge in [0.2, 0.25) is 0 Å². The van der Waals surface area contributed by atoms with Gasteiger partial charge in [0, 0.05) is 0 Å². The van der Waals surface area contributed by atoms with Gasteiger partial charge in [-0.05, 0) is 56.5 Å². The Morgan fingerprint density at radius 3 is 2.50 bits per heavy atom. The van der Waals surface area contributed by atoms with Crippen LogP contribution < -0.4 is 4.74 Å². The number of ether oxygens (including phenoxy) is 2. The van der Waals surface area contributed by atoms with Crippen LogP contribution in [0.3, 0.4) is 0 Å². The van der Waals surface area contributed by atoms with Crippen LogP contribution in [0.4, 0.5) is 0 Å². The molecule has 0 N–H and O–H groups in total. The molecule has 0 bridgehead atoms. The Kier molecular flexibility index (Phi) is 3.14. The Morgan fingerprint density at radius 2 is 2.00 bits per heavy atom. The molecule has 1 aliphatic heterocycles. The minimum Gasteiger partial charge on any atom is -0.488 e. The van der Waals surface area contributed by atoms with Gasteiger partial charge in [0.15, 0.2) is 0 Å². The molecule has 1 fully saturated rings. The topological polar surface area (TPSA) is 21.8 Å². The smallest absolute Gasteiger partial charge is 0.147 e. The number of halogens is 2. The van der Waals surface area contributed by atoms with Crippen molar-refractivity contribution in [2.75, 3.05) is 13.2 Å². The lowest BCUT2D eigenvalue weighted by molar-refractivity contribution is 0.260. The molecule has 0 radical (unpaired) electrons. The van der Waals surface area contributed by atoms with Gasteiger partial charge in [-0.3, -0.25) is 0 Å². The molecule has 1 aromatic carbocycles. The summed E-state index contributed by atoms with van der Waals surface area (Å²) in [5, 5.41) is 0. The van der Waals surface area contributed by atoms with Crippen LogP contribution in [0.15, 0.2) is 21.1 Å². The summed E-state index contributed by atoms with van der Waals surface area (Å²) >= 11 is 6.95. The Bertz CT molecular complexity index is 325. The molecule has 4 heteroatoms. The van der Waals surface area contributed by atoms with Gasteiger partial charge in [0.05, 0.1) is 15.6 Å². The zero-order chi connectivity index (χ0) is 10.1. The number of rotatable bonds is 3. The van der Waals surface area contributed by atoms with E-state index in [1.54, 1.807) is 0 Å². The van der Waals surface area contributed by atoms with Crippen molar-refractivity contribution in [3.05, 3.63) is 26.6 Å². The lowest BCUT2D eigenvalue weighted by atomic mass is 10.2. The third kappa shape index (κ3) is 2.49. The molecule has 1 aliphatic rings. The van der Waals surface area contributed by atoms with Crippen molar-refractivity contribution in [1.82, 2.24) is 0 Å². The highest BCUT2D eigenvalue weighted by Gasteiger charge is 2.23. The molecule has 1 heterocycles. The van der Waals surface area contributed by atoms with Crippen LogP contribution in [0.5, 0.6) is 5.75 Å². The number of hydrogen-bond donors (Lipinski definition) is 0. The normalized spacial score (nSPS) is 19.5. The summed E-state index contributed by atoms with van der Waals surface area (Å²) in [5.41, 5.74) is 1.19. The molecular formula is C10H10Br2O2. The van der Waals surface area contributed by atoms with Crippen LogP contribution in [0.2, 0.25) is 0 Å². The van der Waals surface area contributed by atoms with Crippen LogP contribution in [0.1, 0.15) is 5.56 Å². The fourth-order valence-electron chi connectivity index (χ4n) is 1.17. The molecule has 2 rings (SSSR count). The second kappa shape index (κ2) is 4.21. The Balaban J connectivity index is 2.13. The molecule has 1 aromatic rings. The zero-order valence-corrected chi connectivity index (χ0v) is 10.9. The first-order chi connectivity index (χ1) is 6.66. The maximum Gasteiger partial charge on any atom is 0.147 e. The molecule has 0 aromatic heterocycles. The molecule has 0 amide bonds. The van der Waals surface area contributed by atoms with E-state index in [1.807, 2.05) is 19.1 Å². The lowest BCUT2D eigenvalue weighted by Crippen LogP contribution is -2.05. The summed E-state index contributed by atoms with van der Waals surface area (Å²) in [6.07, 6.45) is 0.287. The van der Waals surface area contributed by atoms with Crippen LogP contribution in [-0.4, -0.2) is 19.3 Å². The van der Waals surface area contributed by atoms with E-state index in [0.717, 1.165) is 21.3 Å². The first kappa shape index (κ1) is 10.5. The molecule has 76 valence electrons. The highest BCUT2D eigenvalue weighted by Crippen LogP contribution is 2.35. The second-order valence-corrected chi connectivity index (χ2v) is 5.03. The fraction of sp³-hybridized carbons (Fsp3) is 0.400. The van der Waals surface area contributed by atoms with E-state index in [2.05, 4.69) is 31.9 Å². The van der Waals surface area contributed by atoms with Crippen molar-refractivity contribution in [2.24, 2.45) is 0 Å².